The summed E-state index contributed by atoms with van der Waals surface area (Å²) in [5.74, 6) is 0.254. The van der Waals surface area contributed by atoms with Gasteiger partial charge in [0.05, 0.1) is 24.2 Å². The number of hydrogen-bond donors (Lipinski definition) is 0. The lowest BCUT2D eigenvalue weighted by atomic mass is 10.2. The van der Waals surface area contributed by atoms with E-state index in [1.54, 1.807) is 7.11 Å². The van der Waals surface area contributed by atoms with Gasteiger partial charge in [-0.1, -0.05) is 12.1 Å². The number of ether oxygens (including phenoxy) is 1. The second-order valence-electron chi connectivity index (χ2n) is 5.59. The zero-order chi connectivity index (χ0) is 18.7. The van der Waals surface area contributed by atoms with Gasteiger partial charge in [0.25, 0.3) is 0 Å². The Bertz CT molecular complexity index is 1000. The number of methoxy groups -OCH3 is 1. The highest BCUT2D eigenvalue weighted by Gasteiger charge is 2.22. The summed E-state index contributed by atoms with van der Waals surface area (Å²) in [6.07, 6.45) is 0. The van der Waals surface area contributed by atoms with E-state index in [0.29, 0.717) is 5.69 Å². The molecule has 0 N–H and O–H groups in total. The highest BCUT2D eigenvalue weighted by atomic mass is 32.2. The summed E-state index contributed by atoms with van der Waals surface area (Å²) in [6, 6.07) is 12.3. The van der Waals surface area contributed by atoms with Crippen LogP contribution in [0.3, 0.4) is 0 Å². The molecule has 0 radical (unpaired) electrons. The van der Waals surface area contributed by atoms with Gasteiger partial charge in [-0.15, -0.1) is 11.3 Å². The molecule has 0 aliphatic rings. The van der Waals surface area contributed by atoms with E-state index in [0.717, 1.165) is 28.5 Å². The number of aromatic nitrogens is 1. The maximum absolute atomic E-state index is 13.0. The van der Waals surface area contributed by atoms with E-state index in [2.05, 4.69) is 4.98 Å². The highest BCUT2D eigenvalue weighted by molar-refractivity contribution is 7.89. The topological polar surface area (TPSA) is 59.5 Å². The van der Waals surface area contributed by atoms with Crippen LogP contribution in [0, 0.1) is 5.82 Å². The Kier molecular flexibility index (Phi) is 5.36. The lowest BCUT2D eigenvalue weighted by Crippen LogP contribution is -2.26. The Hall–Kier alpha value is -2.29. The molecule has 26 heavy (non-hydrogen) atoms. The van der Waals surface area contributed by atoms with Crippen molar-refractivity contribution in [3.8, 4) is 16.3 Å². The summed E-state index contributed by atoms with van der Waals surface area (Å²) >= 11 is 1.43. The Morgan fingerprint density at radius 1 is 1.19 bits per heavy atom. The molecule has 0 unspecified atom stereocenters. The fourth-order valence-corrected chi connectivity index (χ4v) is 4.32. The van der Waals surface area contributed by atoms with Gasteiger partial charge in [0.15, 0.2) is 0 Å². The molecule has 1 aromatic heterocycles. The Labute approximate surface area is 155 Å². The third kappa shape index (κ3) is 3.92. The summed E-state index contributed by atoms with van der Waals surface area (Å²) in [6.45, 7) is 0.125. The Balaban J connectivity index is 1.79. The van der Waals surface area contributed by atoms with Crippen LogP contribution in [0.5, 0.6) is 5.75 Å². The number of sulfonamides is 1. The molecule has 0 atom stereocenters. The lowest BCUT2D eigenvalue weighted by molar-refractivity contribution is 0.415. The molecule has 0 saturated carbocycles. The maximum Gasteiger partial charge on any atom is 0.243 e. The van der Waals surface area contributed by atoms with Gasteiger partial charge in [-0.25, -0.2) is 17.8 Å². The molecular formula is C18H17FN2O3S2. The summed E-state index contributed by atoms with van der Waals surface area (Å²) in [5, 5.41) is 2.61. The van der Waals surface area contributed by atoms with Crippen molar-refractivity contribution >= 4 is 21.4 Å². The van der Waals surface area contributed by atoms with Crippen molar-refractivity contribution in [2.45, 2.75) is 11.4 Å². The summed E-state index contributed by atoms with van der Waals surface area (Å²) in [4.78, 5) is 4.56. The minimum atomic E-state index is -3.71. The average molecular weight is 392 g/mol. The molecule has 0 amide bonds. The van der Waals surface area contributed by atoms with Crippen LogP contribution in [0.15, 0.2) is 58.8 Å². The molecule has 2 aromatic carbocycles. The lowest BCUT2D eigenvalue weighted by Gasteiger charge is -2.16. The second-order valence-corrected chi connectivity index (χ2v) is 8.49. The van der Waals surface area contributed by atoms with Crippen molar-refractivity contribution in [2.24, 2.45) is 0 Å². The first-order chi connectivity index (χ1) is 12.4. The molecule has 3 aromatic rings. The number of halogens is 1. The van der Waals surface area contributed by atoms with Crippen molar-refractivity contribution in [3.05, 3.63) is 65.4 Å². The van der Waals surface area contributed by atoms with Crippen LogP contribution in [0.2, 0.25) is 0 Å². The molecule has 1 heterocycles. The molecule has 8 heteroatoms. The first-order valence-corrected chi connectivity index (χ1v) is 10.0. The summed E-state index contributed by atoms with van der Waals surface area (Å²) < 4.78 is 44.6. The van der Waals surface area contributed by atoms with Gasteiger partial charge in [-0.3, -0.25) is 0 Å². The van der Waals surface area contributed by atoms with Crippen molar-refractivity contribution in [3.63, 3.8) is 0 Å². The molecule has 0 aliphatic heterocycles. The molecule has 3 rings (SSSR count). The normalized spacial score (nSPS) is 11.7. The van der Waals surface area contributed by atoms with E-state index < -0.39 is 15.8 Å². The van der Waals surface area contributed by atoms with Gasteiger partial charge in [0, 0.05) is 18.0 Å². The fraction of sp³-hybridized carbons (Fsp3) is 0.167. The van der Waals surface area contributed by atoms with Gasteiger partial charge in [0.1, 0.15) is 16.6 Å². The quantitative estimate of drug-likeness (QED) is 0.641. The summed E-state index contributed by atoms with van der Waals surface area (Å²) in [7, 11) is -0.634. The van der Waals surface area contributed by atoms with E-state index in [1.165, 1.54) is 34.8 Å². The first-order valence-electron chi connectivity index (χ1n) is 7.71. The molecule has 0 spiro atoms. The number of rotatable bonds is 6. The average Bonchev–Trinajstić information content (AvgIpc) is 3.10. The molecule has 5 nitrogen and oxygen atoms in total. The first kappa shape index (κ1) is 18.5. The minimum Gasteiger partial charge on any atom is -0.497 e. The van der Waals surface area contributed by atoms with Crippen LogP contribution in [0.4, 0.5) is 4.39 Å². The predicted octanol–water partition coefficient (Wildman–Crippen LogP) is 3.78. The predicted molar refractivity (Wildman–Crippen MR) is 99.2 cm³/mol. The molecule has 136 valence electrons. The molecular weight excluding hydrogens is 375 g/mol. The largest absolute Gasteiger partial charge is 0.497 e. The van der Waals surface area contributed by atoms with Gasteiger partial charge in [-0.05, 0) is 36.4 Å². The van der Waals surface area contributed by atoms with Gasteiger partial charge >= 0.3 is 0 Å². The van der Waals surface area contributed by atoms with Crippen LogP contribution in [0.25, 0.3) is 10.6 Å². The van der Waals surface area contributed by atoms with Crippen molar-refractivity contribution < 1.29 is 17.5 Å². The Morgan fingerprint density at radius 2 is 1.92 bits per heavy atom. The van der Waals surface area contributed by atoms with Crippen LogP contribution in [0.1, 0.15) is 5.69 Å². The SMILES string of the molecule is COc1cccc(-c2nc(CN(C)S(=O)(=O)c3ccc(F)cc3)cs2)c1. The van der Waals surface area contributed by atoms with Crippen molar-refractivity contribution in [1.29, 1.82) is 0 Å². The van der Waals surface area contributed by atoms with Crippen LogP contribution in [-0.4, -0.2) is 31.9 Å². The molecule has 0 saturated heterocycles. The second kappa shape index (κ2) is 7.53. The van der Waals surface area contributed by atoms with Gasteiger partial charge in [-0.2, -0.15) is 4.31 Å². The minimum absolute atomic E-state index is 0.0460. The van der Waals surface area contributed by atoms with E-state index in [9.17, 15) is 12.8 Å². The van der Waals surface area contributed by atoms with Crippen LogP contribution < -0.4 is 4.74 Å². The van der Waals surface area contributed by atoms with Gasteiger partial charge < -0.3 is 4.74 Å². The smallest absolute Gasteiger partial charge is 0.243 e. The van der Waals surface area contributed by atoms with Crippen LogP contribution in [-0.2, 0) is 16.6 Å². The van der Waals surface area contributed by atoms with Gasteiger partial charge in [0.2, 0.25) is 10.0 Å². The van der Waals surface area contributed by atoms with E-state index >= 15 is 0 Å². The maximum atomic E-state index is 13.0. The molecule has 0 aliphatic carbocycles. The fourth-order valence-electron chi connectivity index (χ4n) is 2.37. The van der Waals surface area contributed by atoms with E-state index in [4.69, 9.17) is 4.74 Å². The number of thiazole rings is 1. The number of hydrogen-bond acceptors (Lipinski definition) is 5. The standard InChI is InChI=1S/C18H17FN2O3S2/c1-21(26(22,23)17-8-6-14(19)7-9-17)11-15-12-25-18(20-15)13-4-3-5-16(10-13)24-2/h3-10,12H,11H2,1-2H3. The highest BCUT2D eigenvalue weighted by Crippen LogP contribution is 2.27. The van der Waals surface area contributed by atoms with Crippen molar-refractivity contribution in [2.75, 3.05) is 14.2 Å². The van der Waals surface area contributed by atoms with E-state index in [-0.39, 0.29) is 11.4 Å². The molecule has 0 bridgehead atoms. The zero-order valence-electron chi connectivity index (χ0n) is 14.2. The monoisotopic (exact) mass is 392 g/mol. The third-order valence-corrected chi connectivity index (χ3v) is 6.53. The van der Waals surface area contributed by atoms with Crippen molar-refractivity contribution in [1.82, 2.24) is 9.29 Å². The third-order valence-electron chi connectivity index (χ3n) is 3.77. The van der Waals surface area contributed by atoms with Crippen LogP contribution >= 0.6 is 11.3 Å². The summed E-state index contributed by atoms with van der Waals surface area (Å²) in [5.41, 5.74) is 1.55. The Morgan fingerprint density at radius 3 is 2.62 bits per heavy atom. The molecule has 0 fully saturated rings. The van der Waals surface area contributed by atoms with E-state index in [1.807, 2.05) is 29.6 Å². The number of nitrogens with zero attached hydrogens (tertiary/aromatic N) is 2. The number of benzene rings is 2. The zero-order valence-corrected chi connectivity index (χ0v) is 15.8.